The zero-order valence-corrected chi connectivity index (χ0v) is 11.2. The minimum Gasteiger partial charge on any atom is -0.382 e. The molecule has 1 aliphatic heterocycles. The van der Waals surface area contributed by atoms with Crippen molar-refractivity contribution in [2.45, 2.75) is 38.0 Å². The van der Waals surface area contributed by atoms with E-state index in [4.69, 9.17) is 5.73 Å². The number of nitrogens with one attached hydrogen (secondary N) is 2. The smallest absolute Gasteiger partial charge is 0.183 e. The summed E-state index contributed by atoms with van der Waals surface area (Å²) in [5.41, 5.74) is 7.39. The number of fused-ring (bicyclic) bond motifs is 1. The second-order valence-corrected chi connectivity index (χ2v) is 5.35. The number of hydrogen-bond acceptors (Lipinski definition) is 5. The molecule has 3 heterocycles. The number of aromatic amines is 1. The van der Waals surface area contributed by atoms with E-state index in [-0.39, 0.29) is 5.41 Å². The Hall–Kier alpha value is -1.69. The molecule has 1 fully saturated rings. The monoisotopic (exact) mass is 260 g/mol. The summed E-state index contributed by atoms with van der Waals surface area (Å²) in [6, 6.07) is 0. The number of nitrogen functional groups attached to an aromatic ring is 1. The molecule has 4 N–H and O–H groups in total. The van der Waals surface area contributed by atoms with Gasteiger partial charge in [0.05, 0.1) is 0 Å². The van der Waals surface area contributed by atoms with Gasteiger partial charge in [-0.15, -0.1) is 0 Å². The van der Waals surface area contributed by atoms with Gasteiger partial charge >= 0.3 is 0 Å². The highest BCUT2D eigenvalue weighted by atomic mass is 15.1. The fourth-order valence-corrected chi connectivity index (χ4v) is 3.08. The van der Waals surface area contributed by atoms with E-state index in [0.29, 0.717) is 11.5 Å². The fourth-order valence-electron chi connectivity index (χ4n) is 3.08. The molecule has 0 spiro atoms. The summed E-state index contributed by atoms with van der Waals surface area (Å²) in [4.78, 5) is 16.2. The molecule has 1 atom stereocenters. The van der Waals surface area contributed by atoms with Gasteiger partial charge in [-0.2, -0.15) is 0 Å². The molecule has 0 amide bonds. The molecule has 0 saturated carbocycles. The predicted molar refractivity (Wildman–Crippen MR) is 74.8 cm³/mol. The molecule has 0 bridgehead atoms. The van der Waals surface area contributed by atoms with Crippen LogP contribution in [0.3, 0.4) is 0 Å². The van der Waals surface area contributed by atoms with Crippen LogP contribution >= 0.6 is 0 Å². The Morgan fingerprint density at radius 3 is 3.00 bits per heavy atom. The summed E-state index contributed by atoms with van der Waals surface area (Å²) < 4.78 is 0. The van der Waals surface area contributed by atoms with Crippen LogP contribution in [0.4, 0.5) is 5.82 Å². The average molecular weight is 260 g/mol. The largest absolute Gasteiger partial charge is 0.382 e. The predicted octanol–water partition coefficient (Wildman–Crippen LogP) is 1.36. The standard InChI is InChI=1S/C13H20N6/c1-2-4-13(5-3-6-15-7-13)12-18-9-10(14)16-8-17-11(9)19-12/h8,15H,2-7H2,1H3,(H3,14,16,17,18,19). The second-order valence-electron chi connectivity index (χ2n) is 5.35. The molecule has 0 radical (unpaired) electrons. The average Bonchev–Trinajstić information content (AvgIpc) is 2.86. The molecule has 1 saturated heterocycles. The SMILES string of the molecule is CCCC1(c2nc3ncnc(N)c3[nH]2)CCCNC1. The van der Waals surface area contributed by atoms with Gasteiger partial charge in [-0.25, -0.2) is 15.0 Å². The van der Waals surface area contributed by atoms with Gasteiger partial charge in [0.1, 0.15) is 17.7 Å². The minimum absolute atomic E-state index is 0.0835. The van der Waals surface area contributed by atoms with Crippen molar-refractivity contribution < 1.29 is 0 Å². The van der Waals surface area contributed by atoms with Gasteiger partial charge in [-0.3, -0.25) is 0 Å². The van der Waals surface area contributed by atoms with Gasteiger partial charge in [-0.1, -0.05) is 13.3 Å². The van der Waals surface area contributed by atoms with E-state index in [1.807, 2.05) is 0 Å². The Kier molecular flexibility index (Phi) is 3.10. The Morgan fingerprint density at radius 2 is 2.32 bits per heavy atom. The summed E-state index contributed by atoms with van der Waals surface area (Å²) in [6.45, 7) is 4.27. The first kappa shape index (κ1) is 12.3. The molecule has 102 valence electrons. The number of nitrogens with two attached hydrogens (primary N) is 1. The molecule has 0 aliphatic carbocycles. The lowest BCUT2D eigenvalue weighted by Crippen LogP contribution is -2.44. The van der Waals surface area contributed by atoms with Gasteiger partial charge < -0.3 is 16.0 Å². The van der Waals surface area contributed by atoms with Crippen LogP contribution in [0.15, 0.2) is 6.33 Å². The third kappa shape index (κ3) is 2.06. The lowest BCUT2D eigenvalue weighted by atomic mass is 9.76. The molecule has 2 aromatic heterocycles. The molecule has 2 aromatic rings. The van der Waals surface area contributed by atoms with Crippen LogP contribution in [-0.2, 0) is 5.41 Å². The van der Waals surface area contributed by atoms with Crippen molar-refractivity contribution in [1.29, 1.82) is 0 Å². The Bertz CT molecular complexity index is 564. The van der Waals surface area contributed by atoms with Crippen LogP contribution in [0, 0.1) is 0 Å². The third-order valence-corrected chi connectivity index (χ3v) is 4.02. The number of anilines is 1. The van der Waals surface area contributed by atoms with Crippen LogP contribution in [0.1, 0.15) is 38.4 Å². The first-order chi connectivity index (χ1) is 9.25. The number of H-pyrrole nitrogens is 1. The van der Waals surface area contributed by atoms with Crippen molar-refractivity contribution >= 4 is 17.0 Å². The number of rotatable bonds is 3. The summed E-state index contributed by atoms with van der Waals surface area (Å²) in [7, 11) is 0. The topological polar surface area (TPSA) is 92.5 Å². The van der Waals surface area contributed by atoms with E-state index in [1.165, 1.54) is 12.7 Å². The first-order valence-electron chi connectivity index (χ1n) is 6.92. The molecular formula is C13H20N6. The molecule has 1 unspecified atom stereocenters. The van der Waals surface area contributed by atoms with Crippen LogP contribution < -0.4 is 11.1 Å². The molecule has 6 nitrogen and oxygen atoms in total. The quantitative estimate of drug-likeness (QED) is 0.775. The summed E-state index contributed by atoms with van der Waals surface area (Å²) in [6.07, 6.45) is 6.06. The van der Waals surface area contributed by atoms with E-state index in [0.717, 1.165) is 43.7 Å². The zero-order valence-electron chi connectivity index (χ0n) is 11.2. The van der Waals surface area contributed by atoms with Crippen molar-refractivity contribution in [2.24, 2.45) is 0 Å². The van der Waals surface area contributed by atoms with Crippen LogP contribution in [0.2, 0.25) is 0 Å². The number of hydrogen-bond donors (Lipinski definition) is 3. The van der Waals surface area contributed by atoms with Crippen LogP contribution in [0.5, 0.6) is 0 Å². The molecule has 1 aliphatic rings. The van der Waals surface area contributed by atoms with Gasteiger partial charge in [0.2, 0.25) is 0 Å². The van der Waals surface area contributed by atoms with Gasteiger partial charge in [-0.05, 0) is 25.8 Å². The number of piperidine rings is 1. The first-order valence-corrected chi connectivity index (χ1v) is 6.92. The zero-order chi connectivity index (χ0) is 13.3. The van der Waals surface area contributed by atoms with Gasteiger partial charge in [0.25, 0.3) is 0 Å². The molecule has 0 aromatic carbocycles. The highest BCUT2D eigenvalue weighted by molar-refractivity contribution is 5.81. The van der Waals surface area contributed by atoms with Crippen molar-refractivity contribution in [3.8, 4) is 0 Å². The maximum absolute atomic E-state index is 5.88. The Balaban J connectivity index is 2.07. The maximum atomic E-state index is 5.88. The second kappa shape index (κ2) is 4.77. The van der Waals surface area contributed by atoms with Crippen molar-refractivity contribution in [3.05, 3.63) is 12.2 Å². The van der Waals surface area contributed by atoms with Crippen molar-refractivity contribution in [2.75, 3.05) is 18.8 Å². The molecule has 3 rings (SSSR count). The fraction of sp³-hybridized carbons (Fsp3) is 0.615. The minimum atomic E-state index is 0.0835. The van der Waals surface area contributed by atoms with Crippen LogP contribution in [0.25, 0.3) is 11.2 Å². The Labute approximate surface area is 112 Å². The summed E-state index contributed by atoms with van der Waals surface area (Å²) in [5, 5.41) is 3.49. The maximum Gasteiger partial charge on any atom is 0.183 e. The van der Waals surface area contributed by atoms with E-state index < -0.39 is 0 Å². The van der Waals surface area contributed by atoms with E-state index in [9.17, 15) is 0 Å². The third-order valence-electron chi connectivity index (χ3n) is 4.02. The molecule has 19 heavy (non-hydrogen) atoms. The van der Waals surface area contributed by atoms with E-state index in [1.54, 1.807) is 0 Å². The highest BCUT2D eigenvalue weighted by Gasteiger charge is 2.36. The van der Waals surface area contributed by atoms with Gasteiger partial charge in [0, 0.05) is 12.0 Å². The number of aromatic nitrogens is 4. The lowest BCUT2D eigenvalue weighted by Gasteiger charge is -2.35. The number of nitrogens with zero attached hydrogens (tertiary/aromatic N) is 3. The van der Waals surface area contributed by atoms with Gasteiger partial charge in [0.15, 0.2) is 11.5 Å². The highest BCUT2D eigenvalue weighted by Crippen LogP contribution is 2.35. The van der Waals surface area contributed by atoms with Crippen LogP contribution in [-0.4, -0.2) is 33.0 Å². The van der Waals surface area contributed by atoms with E-state index in [2.05, 4.69) is 32.2 Å². The summed E-state index contributed by atoms with van der Waals surface area (Å²) in [5.74, 6) is 1.47. The lowest BCUT2D eigenvalue weighted by molar-refractivity contribution is 0.278. The van der Waals surface area contributed by atoms with Crippen molar-refractivity contribution in [3.63, 3.8) is 0 Å². The van der Waals surface area contributed by atoms with E-state index >= 15 is 0 Å². The molecule has 6 heteroatoms. The molecular weight excluding hydrogens is 240 g/mol. The number of imidazole rings is 1. The normalized spacial score (nSPS) is 23.8. The summed E-state index contributed by atoms with van der Waals surface area (Å²) >= 11 is 0. The van der Waals surface area contributed by atoms with Crippen molar-refractivity contribution in [1.82, 2.24) is 25.3 Å². The Morgan fingerprint density at radius 1 is 1.42 bits per heavy atom.